The molecule has 0 aromatic carbocycles. The van der Waals surface area contributed by atoms with E-state index in [-0.39, 0.29) is 0 Å². The van der Waals surface area contributed by atoms with Crippen LogP contribution in [0, 0.1) is 0 Å². The Morgan fingerprint density at radius 1 is 0.962 bits per heavy atom. The van der Waals surface area contributed by atoms with Gasteiger partial charge in [-0.3, -0.25) is 0 Å². The fourth-order valence-corrected chi connectivity index (χ4v) is 1.67. The second-order valence-corrected chi connectivity index (χ2v) is 4.92. The molecule has 0 aliphatic rings. The number of esters is 1. The zero-order valence-electron chi connectivity index (χ0n) is 12.4. The maximum atomic E-state index is 13.3. The molecule has 0 aromatic rings. The summed E-state index contributed by atoms with van der Waals surface area (Å²) in [5.41, 5.74) is -7.51. The Hall–Kier alpha value is -1.60. The van der Waals surface area contributed by atoms with Crippen LogP contribution in [0.1, 0.15) is 19.3 Å². The topological polar surface area (TPSA) is 46.5 Å². The average Bonchev–Trinajstić information content (AvgIpc) is 2.42. The highest BCUT2D eigenvalue weighted by atomic mass is 19.4. The van der Waals surface area contributed by atoms with Crippen molar-refractivity contribution in [1.82, 2.24) is 0 Å². The van der Waals surface area contributed by atoms with E-state index in [4.69, 9.17) is 5.11 Å². The van der Waals surface area contributed by atoms with Crippen molar-refractivity contribution in [2.75, 3.05) is 0 Å². The lowest BCUT2D eigenvalue weighted by molar-refractivity contribution is -0.427. The predicted octanol–water partition coefficient (Wildman–Crippen LogP) is 4.31. The van der Waals surface area contributed by atoms with Crippen molar-refractivity contribution in [3.63, 3.8) is 0 Å². The molecule has 0 fully saturated rings. The van der Waals surface area contributed by atoms with E-state index in [0.717, 1.165) is 0 Å². The summed E-state index contributed by atoms with van der Waals surface area (Å²) in [6, 6.07) is 0. The van der Waals surface area contributed by atoms with Crippen LogP contribution in [0.5, 0.6) is 0 Å². The predicted molar refractivity (Wildman–Crippen MR) is 62.0 cm³/mol. The van der Waals surface area contributed by atoms with E-state index < -0.39 is 61.4 Å². The summed E-state index contributed by atoms with van der Waals surface area (Å²) in [7, 11) is 0. The van der Waals surface area contributed by atoms with Crippen LogP contribution in [0.4, 0.5) is 48.3 Å². The van der Waals surface area contributed by atoms with Gasteiger partial charge in [0.1, 0.15) is 0 Å². The number of carbonyl (C=O) groups excluding carboxylic acids is 1. The van der Waals surface area contributed by atoms with Crippen molar-refractivity contribution in [3.05, 3.63) is 12.7 Å². The first kappa shape index (κ1) is 24.4. The highest BCUT2D eigenvalue weighted by molar-refractivity contribution is 5.81. The number of halogens is 11. The molecule has 0 aliphatic carbocycles. The Bertz CT molecular complexity index is 496. The number of ether oxygens (including phenoxy) is 1. The van der Waals surface area contributed by atoms with Gasteiger partial charge in [-0.15, -0.1) is 0 Å². The second-order valence-electron chi connectivity index (χ2n) is 4.92. The largest absolute Gasteiger partial charge is 0.438 e. The first-order valence-corrected chi connectivity index (χ1v) is 6.44. The molecule has 0 bridgehead atoms. The molecule has 26 heavy (non-hydrogen) atoms. The molecule has 0 saturated carbocycles. The Kier molecular flexibility index (Phi) is 7.10. The molecule has 0 aliphatic heterocycles. The van der Waals surface area contributed by atoms with E-state index in [0.29, 0.717) is 6.08 Å². The second kappa shape index (κ2) is 7.56. The molecule has 0 amide bonds. The van der Waals surface area contributed by atoms with E-state index >= 15 is 0 Å². The maximum absolute atomic E-state index is 13.3. The number of rotatable bonds is 8. The molecule has 0 radical (unpaired) electrons. The smallest absolute Gasteiger partial charge is 0.433 e. The minimum Gasteiger partial charge on any atom is -0.433 e. The minimum atomic E-state index is -7.51. The summed E-state index contributed by atoms with van der Waals surface area (Å²) < 4.78 is 144. The van der Waals surface area contributed by atoms with Gasteiger partial charge in [0.15, 0.2) is 0 Å². The van der Waals surface area contributed by atoms with E-state index in [1.165, 1.54) is 0 Å². The molecule has 0 heterocycles. The number of hydrogen-bond acceptors (Lipinski definition) is 3. The number of alkyl halides is 11. The van der Waals surface area contributed by atoms with Gasteiger partial charge in [-0.1, -0.05) is 6.58 Å². The Morgan fingerprint density at radius 2 is 1.38 bits per heavy atom. The normalized spacial score (nSPS) is 15.5. The molecule has 3 nitrogen and oxygen atoms in total. The lowest BCUT2D eigenvalue weighted by atomic mass is 9.88. The summed E-state index contributed by atoms with van der Waals surface area (Å²) in [4.78, 5) is 10.6. The molecule has 1 atom stereocenters. The van der Waals surface area contributed by atoms with Gasteiger partial charge in [0.05, 0.1) is 0 Å². The van der Waals surface area contributed by atoms with Gasteiger partial charge in [-0.05, 0) is 6.42 Å². The highest BCUT2D eigenvalue weighted by Gasteiger charge is 2.89. The van der Waals surface area contributed by atoms with Gasteiger partial charge in [-0.2, -0.15) is 43.9 Å². The van der Waals surface area contributed by atoms with Crippen LogP contribution in [-0.4, -0.2) is 47.2 Å². The molecule has 0 saturated heterocycles. The molecule has 0 aromatic heterocycles. The van der Waals surface area contributed by atoms with Crippen LogP contribution >= 0.6 is 0 Å². The van der Waals surface area contributed by atoms with Gasteiger partial charge in [-0.25, -0.2) is 9.18 Å². The fraction of sp³-hybridized carbons (Fsp3) is 0.750. The Morgan fingerprint density at radius 3 is 1.73 bits per heavy atom. The highest BCUT2D eigenvalue weighted by Crippen LogP contribution is 2.59. The Balaban J connectivity index is 5.41. The monoisotopic (exact) mass is 412 g/mol. The van der Waals surface area contributed by atoms with Crippen LogP contribution < -0.4 is 0 Å². The van der Waals surface area contributed by atoms with Crippen molar-refractivity contribution < 1.29 is 62.9 Å². The fourth-order valence-electron chi connectivity index (χ4n) is 1.67. The van der Waals surface area contributed by atoms with Crippen molar-refractivity contribution in [1.29, 1.82) is 0 Å². The van der Waals surface area contributed by atoms with Gasteiger partial charge in [0.25, 0.3) is 0 Å². The number of aliphatic hydroxyl groups is 1. The molecular formula is C12H11F11O3. The van der Waals surface area contributed by atoms with Gasteiger partial charge in [0, 0.05) is 18.9 Å². The Labute approximate surface area is 138 Å². The van der Waals surface area contributed by atoms with Crippen molar-refractivity contribution in [2.45, 2.75) is 55.4 Å². The molecule has 1 unspecified atom stereocenters. The molecule has 14 heteroatoms. The lowest BCUT2D eigenvalue weighted by Crippen LogP contribution is -2.70. The number of aliphatic hydroxyl groups excluding tert-OH is 1. The van der Waals surface area contributed by atoms with Gasteiger partial charge in [0.2, 0.25) is 6.29 Å². The van der Waals surface area contributed by atoms with E-state index in [1.54, 1.807) is 0 Å². The van der Waals surface area contributed by atoms with Crippen molar-refractivity contribution in [3.8, 4) is 0 Å². The van der Waals surface area contributed by atoms with E-state index in [9.17, 15) is 53.1 Å². The van der Waals surface area contributed by atoms with Crippen LogP contribution in [0.25, 0.3) is 0 Å². The minimum absolute atomic E-state index is 0.510. The van der Waals surface area contributed by atoms with Gasteiger partial charge >= 0.3 is 35.8 Å². The molecule has 154 valence electrons. The van der Waals surface area contributed by atoms with Crippen molar-refractivity contribution in [2.24, 2.45) is 0 Å². The van der Waals surface area contributed by atoms with Crippen LogP contribution in [0.3, 0.4) is 0 Å². The van der Waals surface area contributed by atoms with E-state index in [2.05, 4.69) is 11.3 Å². The molecular weight excluding hydrogens is 401 g/mol. The summed E-state index contributed by atoms with van der Waals surface area (Å²) in [6.45, 7) is 2.88. The number of carbonyl (C=O) groups is 1. The quantitative estimate of drug-likeness (QED) is 0.280. The van der Waals surface area contributed by atoms with Crippen molar-refractivity contribution >= 4 is 5.97 Å². The van der Waals surface area contributed by atoms with Crippen LogP contribution in [0.15, 0.2) is 12.7 Å². The standard InChI is InChI=1S/C12H11F11O3/c1-2-6(24)26-7(25)4-3-5-8(13,14)10(16,17)9(15,11(18,19)20)12(21,22)23/h2,7,25H,1,3-5H2. The SMILES string of the molecule is C=CC(=O)OC(O)CCCC(F)(F)C(F)(F)C(F)(C(F)(F)F)C(F)(F)F. The van der Waals surface area contributed by atoms with E-state index in [1.807, 2.05) is 0 Å². The zero-order valence-corrected chi connectivity index (χ0v) is 12.4. The summed E-state index contributed by atoms with van der Waals surface area (Å²) in [5.74, 6) is -14.6. The zero-order chi connectivity index (χ0) is 21.2. The van der Waals surface area contributed by atoms with Gasteiger partial charge < -0.3 is 9.84 Å². The van der Waals surface area contributed by atoms with Crippen LogP contribution in [0.2, 0.25) is 0 Å². The molecule has 0 rings (SSSR count). The summed E-state index contributed by atoms with van der Waals surface area (Å²) >= 11 is 0. The first-order valence-electron chi connectivity index (χ1n) is 6.44. The molecule has 0 spiro atoms. The summed E-state index contributed by atoms with van der Waals surface area (Å²) in [6.07, 6.45) is -21.2. The first-order chi connectivity index (χ1) is 11.3. The third kappa shape index (κ3) is 4.57. The lowest BCUT2D eigenvalue weighted by Gasteiger charge is -2.39. The maximum Gasteiger partial charge on any atom is 0.438 e. The summed E-state index contributed by atoms with van der Waals surface area (Å²) in [5, 5.41) is 9.01. The third-order valence-corrected chi connectivity index (χ3v) is 3.03. The average molecular weight is 412 g/mol. The third-order valence-electron chi connectivity index (χ3n) is 3.03. The van der Waals surface area contributed by atoms with Crippen LogP contribution in [-0.2, 0) is 9.53 Å². The molecule has 1 N–H and O–H groups in total. The number of hydrogen-bond donors (Lipinski definition) is 1.